The monoisotopic (exact) mass is 703 g/mol. The van der Waals surface area contributed by atoms with Crippen LogP contribution < -0.4 is 4.74 Å². The lowest BCUT2D eigenvalue weighted by Crippen LogP contribution is -2.47. The Bertz CT molecular complexity index is 1570. The second-order valence-corrected chi connectivity index (χ2v) is 17.5. The van der Waals surface area contributed by atoms with Gasteiger partial charge >= 0.3 is 15.4 Å². The van der Waals surface area contributed by atoms with Crippen LogP contribution in [0.3, 0.4) is 0 Å². The summed E-state index contributed by atoms with van der Waals surface area (Å²) in [7, 11) is -6.17. The Labute approximate surface area is 287 Å². The summed E-state index contributed by atoms with van der Waals surface area (Å²) in [6.45, 7) is 7.93. The van der Waals surface area contributed by atoms with E-state index in [1.807, 2.05) is 32.9 Å². The lowest BCUT2D eigenvalue weighted by molar-refractivity contribution is -0.221. The van der Waals surface area contributed by atoms with Gasteiger partial charge in [-0.25, -0.2) is 0 Å². The smallest absolute Gasteiger partial charge is 0.405 e. The van der Waals surface area contributed by atoms with Crippen LogP contribution in [0.5, 0.6) is 5.75 Å². The van der Waals surface area contributed by atoms with Crippen molar-refractivity contribution in [3.63, 3.8) is 0 Å². The van der Waals surface area contributed by atoms with Crippen molar-refractivity contribution in [2.75, 3.05) is 13.2 Å². The van der Waals surface area contributed by atoms with Crippen molar-refractivity contribution in [3.05, 3.63) is 83.9 Å². The third-order valence-corrected chi connectivity index (χ3v) is 12.8. The first-order chi connectivity index (χ1) is 22.7. The number of rotatable bonds is 9. The van der Waals surface area contributed by atoms with Gasteiger partial charge in [-0.05, 0) is 106 Å². The zero-order valence-corrected chi connectivity index (χ0v) is 30.1. The molecule has 1 N–H and O–H groups in total. The third kappa shape index (κ3) is 8.80. The molecule has 48 heavy (non-hydrogen) atoms. The molecule has 0 spiro atoms. The van der Waals surface area contributed by atoms with Gasteiger partial charge in [0, 0.05) is 0 Å². The van der Waals surface area contributed by atoms with Gasteiger partial charge in [0.25, 0.3) is 0 Å². The Balaban J connectivity index is 1.43. The summed E-state index contributed by atoms with van der Waals surface area (Å²) >= 11 is 0. The van der Waals surface area contributed by atoms with Crippen LogP contribution in [0.15, 0.2) is 87.5 Å². The molecule has 1 aliphatic heterocycles. The summed E-state index contributed by atoms with van der Waals surface area (Å²) in [5, 5.41) is -4.45. The topological polar surface area (TPSA) is 82.1 Å². The Hall–Kier alpha value is -2.50. The molecule has 0 bridgehead atoms. The first-order valence-corrected chi connectivity index (χ1v) is 19.7. The third-order valence-electron chi connectivity index (χ3n) is 9.56. The molecule has 6 nitrogen and oxygen atoms in total. The fourth-order valence-electron chi connectivity index (χ4n) is 6.42. The van der Waals surface area contributed by atoms with E-state index in [2.05, 4.69) is 48.5 Å². The number of halogens is 2. The summed E-state index contributed by atoms with van der Waals surface area (Å²) in [5.41, 5.74) is 1.50. The fraction of sp³-hybridized carbons (Fsp3) is 0.526. The van der Waals surface area contributed by atoms with Gasteiger partial charge in [-0.2, -0.15) is 17.2 Å². The average Bonchev–Trinajstić information content (AvgIpc) is 3.06. The number of ether oxygens (including phenoxy) is 3. The Morgan fingerprint density at radius 3 is 1.73 bits per heavy atom. The van der Waals surface area contributed by atoms with Gasteiger partial charge < -0.3 is 14.2 Å². The molecule has 5 rings (SSSR count). The molecule has 3 aromatic carbocycles. The van der Waals surface area contributed by atoms with E-state index in [4.69, 9.17) is 18.8 Å². The molecule has 1 aliphatic carbocycles. The van der Waals surface area contributed by atoms with Gasteiger partial charge in [0.05, 0.1) is 29.7 Å². The normalized spacial score (nSPS) is 22.8. The predicted molar refractivity (Wildman–Crippen MR) is 186 cm³/mol. The molecule has 0 aromatic heterocycles. The van der Waals surface area contributed by atoms with Gasteiger partial charge in [-0.3, -0.25) is 4.55 Å². The average molecular weight is 704 g/mol. The van der Waals surface area contributed by atoms with E-state index in [1.54, 1.807) is 12.1 Å². The van der Waals surface area contributed by atoms with Crippen LogP contribution in [0.25, 0.3) is 0 Å². The highest BCUT2D eigenvalue weighted by Gasteiger charge is 2.51. The van der Waals surface area contributed by atoms with Crippen LogP contribution in [0.4, 0.5) is 8.78 Å². The highest BCUT2D eigenvalue weighted by Crippen LogP contribution is 2.38. The minimum absolute atomic E-state index is 0.0742. The lowest BCUT2D eigenvalue weighted by Gasteiger charge is -2.41. The number of benzene rings is 3. The molecule has 0 radical (unpaired) electrons. The summed E-state index contributed by atoms with van der Waals surface area (Å²) in [5.74, 6) is 0.631. The van der Waals surface area contributed by atoms with Gasteiger partial charge in [-0.1, -0.05) is 69.2 Å². The van der Waals surface area contributed by atoms with Crippen LogP contribution in [-0.4, -0.2) is 43.1 Å². The van der Waals surface area contributed by atoms with E-state index in [9.17, 15) is 17.2 Å². The number of alkyl halides is 2. The predicted octanol–water partition coefficient (Wildman–Crippen LogP) is 9.68. The fourth-order valence-corrected chi connectivity index (χ4v) is 8.93. The van der Waals surface area contributed by atoms with E-state index in [0.29, 0.717) is 19.1 Å². The van der Waals surface area contributed by atoms with Crippen LogP contribution >= 0.6 is 0 Å². The van der Waals surface area contributed by atoms with E-state index in [-0.39, 0.29) is 11.4 Å². The van der Waals surface area contributed by atoms with E-state index in [0.717, 1.165) is 27.2 Å². The summed E-state index contributed by atoms with van der Waals surface area (Å²) in [4.78, 5) is 3.14. The molecule has 1 saturated heterocycles. The van der Waals surface area contributed by atoms with Crippen LogP contribution in [-0.2, 0) is 36.1 Å². The van der Waals surface area contributed by atoms with E-state index < -0.39 is 38.0 Å². The maximum atomic E-state index is 14.2. The van der Waals surface area contributed by atoms with Crippen molar-refractivity contribution in [2.24, 2.45) is 0 Å². The molecular weight excluding hydrogens is 655 g/mol. The van der Waals surface area contributed by atoms with Crippen molar-refractivity contribution >= 4 is 21.0 Å². The maximum Gasteiger partial charge on any atom is 0.405 e. The van der Waals surface area contributed by atoms with Crippen molar-refractivity contribution in [1.82, 2.24) is 0 Å². The molecule has 262 valence electrons. The molecule has 2 aliphatic rings. The molecule has 1 heterocycles. The minimum atomic E-state index is -5.63. The van der Waals surface area contributed by atoms with Crippen LogP contribution in [0, 0.1) is 0 Å². The van der Waals surface area contributed by atoms with Crippen molar-refractivity contribution in [1.29, 1.82) is 0 Å². The molecule has 2 fully saturated rings. The van der Waals surface area contributed by atoms with E-state index >= 15 is 0 Å². The maximum absolute atomic E-state index is 14.2. The Morgan fingerprint density at radius 1 is 0.771 bits per heavy atom. The molecule has 10 heteroatoms. The zero-order valence-electron chi connectivity index (χ0n) is 28.4. The SMILES string of the molecule is CC(Oc1ccc([S+](c2ccc(C3CCCCCCCCC3)cc2)c2ccc(C3(C)COC(C)(C)CO3)cc2)cc1)C(F)(F)S(=O)(=O)O. The second kappa shape index (κ2) is 15.2. The summed E-state index contributed by atoms with van der Waals surface area (Å²) in [6, 6.07) is 24.1. The van der Waals surface area contributed by atoms with Crippen molar-refractivity contribution in [3.8, 4) is 5.75 Å². The first kappa shape index (κ1) is 36.8. The Kier molecular flexibility index (Phi) is 11.6. The van der Waals surface area contributed by atoms with Crippen molar-refractivity contribution in [2.45, 2.75) is 129 Å². The molecule has 0 amide bonds. The second-order valence-electron chi connectivity index (χ2n) is 14.0. The van der Waals surface area contributed by atoms with Gasteiger partial charge in [0.2, 0.25) is 0 Å². The number of hydrogen-bond donors (Lipinski definition) is 1. The number of hydrogen-bond acceptors (Lipinski definition) is 5. The highest BCUT2D eigenvalue weighted by atomic mass is 32.2. The minimum Gasteiger partial charge on any atom is -0.483 e. The summed E-state index contributed by atoms with van der Waals surface area (Å²) < 4.78 is 77.4. The molecular formula is C38H49F2O6S2+. The molecule has 3 aromatic rings. The van der Waals surface area contributed by atoms with Crippen LogP contribution in [0.2, 0.25) is 0 Å². The van der Waals surface area contributed by atoms with Gasteiger partial charge in [0.1, 0.15) is 11.4 Å². The van der Waals surface area contributed by atoms with Gasteiger partial charge in [0.15, 0.2) is 20.8 Å². The summed E-state index contributed by atoms with van der Waals surface area (Å²) in [6.07, 6.45) is 9.47. The lowest BCUT2D eigenvalue weighted by atomic mass is 9.87. The highest BCUT2D eigenvalue weighted by molar-refractivity contribution is 7.97. The van der Waals surface area contributed by atoms with Gasteiger partial charge in [-0.15, -0.1) is 0 Å². The largest absolute Gasteiger partial charge is 0.483 e. The van der Waals surface area contributed by atoms with Crippen molar-refractivity contribution < 1.29 is 36.0 Å². The van der Waals surface area contributed by atoms with E-state index in [1.165, 1.54) is 63.4 Å². The Morgan fingerprint density at radius 2 is 1.25 bits per heavy atom. The zero-order chi connectivity index (χ0) is 34.6. The molecule has 3 atom stereocenters. The quantitative estimate of drug-likeness (QED) is 0.177. The van der Waals surface area contributed by atoms with Crippen LogP contribution in [0.1, 0.15) is 103 Å². The standard InChI is InChI=1S/C38H48F2O6S2/c1-28(38(39,40)48(41,42)43)46-32-18-24-35(25-19-32)47(34-22-16-31(17-23-34)37(4)27-44-36(2,3)26-45-37)33-20-14-30(15-21-33)29-12-10-8-6-5-7-9-11-13-29/h14-25,28-29H,5-13,26-27H2,1-4H3/p+1. The molecule has 1 saturated carbocycles. The first-order valence-electron chi connectivity index (χ1n) is 17.0. The molecule has 3 unspecified atom stereocenters.